The maximum Gasteiger partial charge on any atom is 0.324 e. The Morgan fingerprint density at radius 3 is 2.54 bits per heavy atom. The van der Waals surface area contributed by atoms with E-state index >= 15 is 0 Å². The number of benzene rings is 1. The molecule has 1 aliphatic rings. The number of morpholine rings is 1. The van der Waals surface area contributed by atoms with Gasteiger partial charge in [-0.1, -0.05) is 6.07 Å². The first-order valence-corrected chi connectivity index (χ1v) is 7.83. The maximum atomic E-state index is 13.6. The number of nitrogens with two attached hydrogens (primary N) is 1. The minimum Gasteiger partial charge on any atom is -0.378 e. The standard InChI is InChI=1S/C16H20F2N4O2/c1-9-7-11(10(2)19)13-12(8-9)14(23)22(15(17)18)16(20-13)21-3-5-24-6-4-21/h7-8,10,15H,3-6,19H2,1-2H3/t10-/m1/s1. The second-order valence-corrected chi connectivity index (χ2v) is 6.00. The molecule has 0 aliphatic carbocycles. The van der Waals surface area contributed by atoms with Crippen LogP contribution in [-0.4, -0.2) is 35.9 Å². The normalized spacial score (nSPS) is 16.8. The Bertz CT molecular complexity index is 814. The molecule has 1 aromatic heterocycles. The Labute approximate surface area is 137 Å². The van der Waals surface area contributed by atoms with Gasteiger partial charge in [-0.05, 0) is 31.0 Å². The minimum atomic E-state index is -2.97. The van der Waals surface area contributed by atoms with Crippen LogP contribution in [0.25, 0.3) is 10.9 Å². The molecular formula is C16H20F2N4O2. The highest BCUT2D eigenvalue weighted by molar-refractivity contribution is 5.83. The summed E-state index contributed by atoms with van der Waals surface area (Å²) >= 11 is 0. The van der Waals surface area contributed by atoms with Crippen molar-refractivity contribution in [1.82, 2.24) is 9.55 Å². The van der Waals surface area contributed by atoms with E-state index in [1.807, 2.05) is 6.07 Å². The molecule has 2 heterocycles. The van der Waals surface area contributed by atoms with Crippen LogP contribution in [0.5, 0.6) is 0 Å². The largest absolute Gasteiger partial charge is 0.378 e. The Morgan fingerprint density at radius 2 is 1.96 bits per heavy atom. The zero-order valence-electron chi connectivity index (χ0n) is 13.6. The van der Waals surface area contributed by atoms with Crippen molar-refractivity contribution in [3.8, 4) is 0 Å². The Kier molecular flexibility index (Phi) is 4.51. The second-order valence-electron chi connectivity index (χ2n) is 6.00. The molecule has 0 radical (unpaired) electrons. The van der Waals surface area contributed by atoms with E-state index in [2.05, 4.69) is 4.98 Å². The van der Waals surface area contributed by atoms with E-state index in [0.717, 1.165) is 5.56 Å². The fraction of sp³-hybridized carbons (Fsp3) is 0.500. The number of anilines is 1. The monoisotopic (exact) mass is 338 g/mol. The van der Waals surface area contributed by atoms with E-state index in [-0.39, 0.29) is 17.4 Å². The van der Waals surface area contributed by atoms with Gasteiger partial charge in [0.05, 0.1) is 24.1 Å². The third-order valence-corrected chi connectivity index (χ3v) is 4.14. The van der Waals surface area contributed by atoms with Gasteiger partial charge in [0, 0.05) is 19.1 Å². The molecule has 0 bridgehead atoms. The van der Waals surface area contributed by atoms with E-state index < -0.39 is 12.1 Å². The number of aryl methyl sites for hydroxylation is 1. The van der Waals surface area contributed by atoms with Crippen molar-refractivity contribution < 1.29 is 13.5 Å². The Hall–Kier alpha value is -2.06. The summed E-state index contributed by atoms with van der Waals surface area (Å²) in [7, 11) is 0. The molecule has 6 nitrogen and oxygen atoms in total. The molecule has 3 rings (SSSR count). The molecule has 8 heteroatoms. The number of halogens is 2. The van der Waals surface area contributed by atoms with Crippen LogP contribution in [-0.2, 0) is 4.74 Å². The van der Waals surface area contributed by atoms with Crippen molar-refractivity contribution >= 4 is 16.9 Å². The van der Waals surface area contributed by atoms with Gasteiger partial charge in [0.1, 0.15) is 0 Å². The molecular weight excluding hydrogens is 318 g/mol. The maximum absolute atomic E-state index is 13.6. The molecule has 2 N–H and O–H groups in total. The van der Waals surface area contributed by atoms with Gasteiger partial charge in [-0.15, -0.1) is 0 Å². The fourth-order valence-corrected chi connectivity index (χ4v) is 2.98. The number of hydrogen-bond donors (Lipinski definition) is 1. The summed E-state index contributed by atoms with van der Waals surface area (Å²) in [6.45, 7) is 2.24. The molecule has 2 aromatic rings. The zero-order valence-corrected chi connectivity index (χ0v) is 13.6. The van der Waals surface area contributed by atoms with Gasteiger partial charge in [-0.2, -0.15) is 8.78 Å². The quantitative estimate of drug-likeness (QED) is 0.926. The van der Waals surface area contributed by atoms with Crippen molar-refractivity contribution in [2.75, 3.05) is 31.2 Å². The summed E-state index contributed by atoms with van der Waals surface area (Å²) in [5.74, 6) is -0.0310. The van der Waals surface area contributed by atoms with E-state index in [0.29, 0.717) is 42.0 Å². The first-order chi connectivity index (χ1) is 11.4. The number of nitrogens with zero attached hydrogens (tertiary/aromatic N) is 3. The lowest BCUT2D eigenvalue weighted by Gasteiger charge is -2.30. The SMILES string of the molecule is Cc1cc([C@@H](C)N)c2nc(N3CCOCC3)n(C(F)F)c(=O)c2c1. The van der Waals surface area contributed by atoms with Crippen LogP contribution in [0.4, 0.5) is 14.7 Å². The number of alkyl halides is 2. The number of ether oxygens (including phenoxy) is 1. The third-order valence-electron chi connectivity index (χ3n) is 4.14. The highest BCUT2D eigenvalue weighted by Gasteiger charge is 2.25. The first-order valence-electron chi connectivity index (χ1n) is 7.83. The Balaban J connectivity index is 2.33. The summed E-state index contributed by atoms with van der Waals surface area (Å²) in [5.41, 5.74) is 7.10. The van der Waals surface area contributed by atoms with Crippen LogP contribution in [0.3, 0.4) is 0 Å². The van der Waals surface area contributed by atoms with Crippen LogP contribution in [0.15, 0.2) is 16.9 Å². The number of fused-ring (bicyclic) bond motifs is 1. The molecule has 1 saturated heterocycles. The van der Waals surface area contributed by atoms with Gasteiger partial charge < -0.3 is 15.4 Å². The van der Waals surface area contributed by atoms with Crippen molar-refractivity contribution in [3.63, 3.8) is 0 Å². The topological polar surface area (TPSA) is 73.4 Å². The average Bonchev–Trinajstić information content (AvgIpc) is 2.55. The van der Waals surface area contributed by atoms with Crippen LogP contribution >= 0.6 is 0 Å². The van der Waals surface area contributed by atoms with E-state index in [9.17, 15) is 13.6 Å². The van der Waals surface area contributed by atoms with E-state index in [1.165, 1.54) is 0 Å². The minimum absolute atomic E-state index is 0.0310. The van der Waals surface area contributed by atoms with Gasteiger partial charge in [0.25, 0.3) is 5.56 Å². The predicted molar refractivity (Wildman–Crippen MR) is 87.6 cm³/mol. The van der Waals surface area contributed by atoms with Gasteiger partial charge >= 0.3 is 6.55 Å². The molecule has 1 aromatic carbocycles. The lowest BCUT2D eigenvalue weighted by Crippen LogP contribution is -2.41. The number of rotatable bonds is 3. The van der Waals surface area contributed by atoms with Crippen molar-refractivity contribution in [2.24, 2.45) is 5.73 Å². The third kappa shape index (κ3) is 2.87. The summed E-state index contributed by atoms with van der Waals surface area (Å²) < 4.78 is 32.9. The highest BCUT2D eigenvalue weighted by atomic mass is 19.3. The molecule has 24 heavy (non-hydrogen) atoms. The lowest BCUT2D eigenvalue weighted by molar-refractivity contribution is 0.0650. The van der Waals surface area contributed by atoms with Crippen molar-refractivity contribution in [2.45, 2.75) is 26.4 Å². The van der Waals surface area contributed by atoms with Gasteiger partial charge in [-0.3, -0.25) is 4.79 Å². The van der Waals surface area contributed by atoms with Crippen LogP contribution in [0, 0.1) is 6.92 Å². The summed E-state index contributed by atoms with van der Waals surface area (Å²) in [5, 5.41) is 0.166. The molecule has 1 aliphatic heterocycles. The number of hydrogen-bond acceptors (Lipinski definition) is 5. The second kappa shape index (κ2) is 6.45. The van der Waals surface area contributed by atoms with Crippen LogP contribution in [0.2, 0.25) is 0 Å². The van der Waals surface area contributed by atoms with Crippen LogP contribution < -0.4 is 16.2 Å². The van der Waals surface area contributed by atoms with Gasteiger partial charge in [0.15, 0.2) is 0 Å². The molecule has 130 valence electrons. The van der Waals surface area contributed by atoms with Crippen molar-refractivity contribution in [3.05, 3.63) is 33.6 Å². The molecule has 1 fully saturated rings. The highest BCUT2D eigenvalue weighted by Crippen LogP contribution is 2.26. The van der Waals surface area contributed by atoms with E-state index in [1.54, 1.807) is 24.8 Å². The predicted octanol–water partition coefficient (Wildman–Crippen LogP) is 1.96. The van der Waals surface area contributed by atoms with Crippen molar-refractivity contribution in [1.29, 1.82) is 0 Å². The zero-order chi connectivity index (χ0) is 17.4. The molecule has 0 saturated carbocycles. The Morgan fingerprint density at radius 1 is 1.29 bits per heavy atom. The molecule has 0 unspecified atom stereocenters. The smallest absolute Gasteiger partial charge is 0.324 e. The summed E-state index contributed by atoms with van der Waals surface area (Å²) in [6, 6.07) is 3.06. The average molecular weight is 338 g/mol. The van der Waals surface area contributed by atoms with Gasteiger partial charge in [-0.25, -0.2) is 9.55 Å². The van der Waals surface area contributed by atoms with Gasteiger partial charge in [0.2, 0.25) is 5.95 Å². The molecule has 0 spiro atoms. The fourth-order valence-electron chi connectivity index (χ4n) is 2.98. The molecule has 0 amide bonds. The van der Waals surface area contributed by atoms with Crippen LogP contribution in [0.1, 0.15) is 30.6 Å². The summed E-state index contributed by atoms with van der Waals surface area (Å²) in [4.78, 5) is 18.8. The first kappa shape index (κ1) is 16.8. The number of aromatic nitrogens is 2. The lowest BCUT2D eigenvalue weighted by atomic mass is 10.0. The van der Waals surface area contributed by atoms with E-state index in [4.69, 9.17) is 10.5 Å². The summed E-state index contributed by atoms with van der Waals surface area (Å²) in [6.07, 6.45) is 0. The molecule has 1 atom stereocenters.